The minimum absolute atomic E-state index is 0.00329. The molecule has 98 valence electrons. The van der Waals surface area contributed by atoms with Crippen molar-refractivity contribution in [2.75, 3.05) is 19.1 Å². The number of carboxylic acid groups (broad SMARTS) is 1. The van der Waals surface area contributed by atoms with Crippen molar-refractivity contribution in [1.82, 2.24) is 4.90 Å². The van der Waals surface area contributed by atoms with Crippen LogP contribution in [0.2, 0.25) is 0 Å². The summed E-state index contributed by atoms with van der Waals surface area (Å²) >= 11 is 1.69. The zero-order chi connectivity index (χ0) is 13.0. The SMILES string of the molecule is CSCC(C)N(C)C(=O)C1CCCC1C(=O)O. The molecule has 0 aromatic rings. The number of thioether (sulfide) groups is 1. The van der Waals surface area contributed by atoms with Gasteiger partial charge in [0, 0.05) is 18.8 Å². The van der Waals surface area contributed by atoms with Gasteiger partial charge in [0.1, 0.15) is 0 Å². The standard InChI is InChI=1S/C12H21NO3S/c1-8(7-17-3)13(2)11(14)9-5-4-6-10(9)12(15)16/h8-10H,4-7H2,1-3H3,(H,15,16). The second kappa shape index (κ2) is 6.28. The first-order valence-electron chi connectivity index (χ1n) is 5.97. The second-order valence-corrected chi connectivity index (χ2v) is 5.65. The third-order valence-electron chi connectivity index (χ3n) is 3.57. The Kier molecular flexibility index (Phi) is 5.31. The molecule has 4 nitrogen and oxygen atoms in total. The van der Waals surface area contributed by atoms with Crippen LogP contribution in [0.15, 0.2) is 0 Å². The highest BCUT2D eigenvalue weighted by Crippen LogP contribution is 2.33. The van der Waals surface area contributed by atoms with Crippen molar-refractivity contribution in [3.8, 4) is 0 Å². The van der Waals surface area contributed by atoms with Gasteiger partial charge in [-0.1, -0.05) is 6.42 Å². The molecule has 1 aliphatic rings. The molecule has 0 aromatic carbocycles. The lowest BCUT2D eigenvalue weighted by molar-refractivity contribution is -0.149. The van der Waals surface area contributed by atoms with E-state index in [1.165, 1.54) is 0 Å². The minimum atomic E-state index is -0.827. The number of amides is 1. The van der Waals surface area contributed by atoms with E-state index in [4.69, 9.17) is 5.11 Å². The normalized spacial score (nSPS) is 25.6. The molecule has 1 saturated carbocycles. The molecule has 1 N–H and O–H groups in total. The van der Waals surface area contributed by atoms with Crippen LogP contribution in [0.3, 0.4) is 0 Å². The summed E-state index contributed by atoms with van der Waals surface area (Å²) in [4.78, 5) is 25.0. The van der Waals surface area contributed by atoms with Crippen molar-refractivity contribution in [2.45, 2.75) is 32.2 Å². The minimum Gasteiger partial charge on any atom is -0.481 e. The first-order valence-corrected chi connectivity index (χ1v) is 7.36. The van der Waals surface area contributed by atoms with E-state index in [2.05, 4.69) is 0 Å². The molecule has 0 saturated heterocycles. The van der Waals surface area contributed by atoms with Crippen molar-refractivity contribution in [2.24, 2.45) is 11.8 Å². The summed E-state index contributed by atoms with van der Waals surface area (Å²) in [5.41, 5.74) is 0. The maximum absolute atomic E-state index is 12.2. The Morgan fingerprint density at radius 2 is 2.00 bits per heavy atom. The molecular formula is C12H21NO3S. The molecule has 3 atom stereocenters. The zero-order valence-electron chi connectivity index (χ0n) is 10.7. The lowest BCUT2D eigenvalue weighted by atomic mass is 9.94. The smallest absolute Gasteiger partial charge is 0.307 e. The van der Waals surface area contributed by atoms with Gasteiger partial charge in [-0.15, -0.1) is 0 Å². The summed E-state index contributed by atoms with van der Waals surface area (Å²) in [5.74, 6) is -0.747. The number of rotatable bonds is 5. The Morgan fingerprint density at radius 3 is 2.53 bits per heavy atom. The van der Waals surface area contributed by atoms with Crippen LogP contribution in [-0.4, -0.2) is 47.0 Å². The fraction of sp³-hybridized carbons (Fsp3) is 0.833. The number of hydrogen-bond donors (Lipinski definition) is 1. The lowest BCUT2D eigenvalue weighted by Gasteiger charge is -2.28. The summed E-state index contributed by atoms with van der Waals surface area (Å²) in [5, 5.41) is 9.08. The average molecular weight is 259 g/mol. The van der Waals surface area contributed by atoms with Gasteiger partial charge in [0.25, 0.3) is 0 Å². The van der Waals surface area contributed by atoms with E-state index in [0.29, 0.717) is 12.8 Å². The van der Waals surface area contributed by atoms with Crippen LogP contribution in [0.1, 0.15) is 26.2 Å². The largest absolute Gasteiger partial charge is 0.481 e. The number of aliphatic carboxylic acids is 1. The fourth-order valence-electron chi connectivity index (χ4n) is 2.38. The summed E-state index contributed by atoms with van der Waals surface area (Å²) in [6, 6.07) is 0.160. The van der Waals surface area contributed by atoms with Gasteiger partial charge >= 0.3 is 5.97 Å². The van der Waals surface area contributed by atoms with Crippen molar-refractivity contribution in [1.29, 1.82) is 0 Å². The maximum atomic E-state index is 12.2. The molecule has 17 heavy (non-hydrogen) atoms. The average Bonchev–Trinajstić information content (AvgIpc) is 2.76. The predicted molar refractivity (Wildman–Crippen MR) is 69.1 cm³/mol. The van der Waals surface area contributed by atoms with Crippen molar-refractivity contribution >= 4 is 23.6 Å². The molecule has 3 unspecified atom stereocenters. The molecule has 0 spiro atoms. The van der Waals surface area contributed by atoms with Crippen LogP contribution in [0.25, 0.3) is 0 Å². The van der Waals surface area contributed by atoms with Gasteiger partial charge in [-0.3, -0.25) is 9.59 Å². The number of nitrogens with zero attached hydrogens (tertiary/aromatic N) is 1. The van der Waals surface area contributed by atoms with Gasteiger partial charge in [-0.2, -0.15) is 11.8 Å². The van der Waals surface area contributed by atoms with Crippen LogP contribution in [-0.2, 0) is 9.59 Å². The van der Waals surface area contributed by atoms with Gasteiger partial charge in [-0.05, 0) is 26.0 Å². The van der Waals surface area contributed by atoms with E-state index >= 15 is 0 Å². The first kappa shape index (κ1) is 14.4. The highest BCUT2D eigenvalue weighted by Gasteiger charge is 2.39. The highest BCUT2D eigenvalue weighted by atomic mass is 32.2. The van der Waals surface area contributed by atoms with Gasteiger partial charge in [0.2, 0.25) is 5.91 Å². The molecule has 0 radical (unpaired) electrons. The third-order valence-corrected chi connectivity index (χ3v) is 4.38. The molecule has 1 rings (SSSR count). The van der Waals surface area contributed by atoms with Gasteiger partial charge < -0.3 is 10.0 Å². The van der Waals surface area contributed by atoms with Crippen molar-refractivity contribution in [3.63, 3.8) is 0 Å². The van der Waals surface area contributed by atoms with E-state index in [9.17, 15) is 9.59 Å². The quantitative estimate of drug-likeness (QED) is 0.816. The topological polar surface area (TPSA) is 57.6 Å². The zero-order valence-corrected chi connectivity index (χ0v) is 11.5. The van der Waals surface area contributed by atoms with E-state index < -0.39 is 11.9 Å². The molecule has 0 aromatic heterocycles. The van der Waals surface area contributed by atoms with E-state index in [-0.39, 0.29) is 17.9 Å². The number of carbonyl (C=O) groups excluding carboxylic acids is 1. The fourth-order valence-corrected chi connectivity index (χ4v) is 3.09. The van der Waals surface area contributed by atoms with E-state index in [1.807, 2.05) is 13.2 Å². The van der Waals surface area contributed by atoms with E-state index in [1.54, 1.807) is 23.7 Å². The van der Waals surface area contributed by atoms with Crippen LogP contribution in [0.4, 0.5) is 0 Å². The van der Waals surface area contributed by atoms with Crippen LogP contribution in [0, 0.1) is 11.8 Å². The van der Waals surface area contributed by atoms with Crippen LogP contribution < -0.4 is 0 Å². The van der Waals surface area contributed by atoms with Crippen LogP contribution in [0.5, 0.6) is 0 Å². The maximum Gasteiger partial charge on any atom is 0.307 e. The lowest BCUT2D eigenvalue weighted by Crippen LogP contribution is -2.42. The Balaban J connectivity index is 2.65. The highest BCUT2D eigenvalue weighted by molar-refractivity contribution is 7.98. The summed E-state index contributed by atoms with van der Waals surface area (Å²) < 4.78 is 0. The Morgan fingerprint density at radius 1 is 1.41 bits per heavy atom. The molecule has 1 fully saturated rings. The summed E-state index contributed by atoms with van der Waals surface area (Å²) in [7, 11) is 1.78. The second-order valence-electron chi connectivity index (χ2n) is 4.74. The van der Waals surface area contributed by atoms with Crippen LogP contribution >= 0.6 is 11.8 Å². The molecular weight excluding hydrogens is 238 g/mol. The monoisotopic (exact) mass is 259 g/mol. The molecule has 1 amide bonds. The molecule has 1 aliphatic carbocycles. The molecule has 0 bridgehead atoms. The Labute approximate surface area is 107 Å². The number of hydrogen-bond acceptors (Lipinski definition) is 3. The molecule has 0 heterocycles. The van der Waals surface area contributed by atoms with Crippen molar-refractivity contribution < 1.29 is 14.7 Å². The Bertz CT molecular complexity index is 295. The van der Waals surface area contributed by atoms with Gasteiger partial charge in [0.05, 0.1) is 11.8 Å². The first-order chi connectivity index (χ1) is 7.99. The molecule has 0 aliphatic heterocycles. The summed E-state index contributed by atoms with van der Waals surface area (Å²) in [6.45, 7) is 2.00. The third kappa shape index (κ3) is 3.37. The van der Waals surface area contributed by atoms with Gasteiger partial charge in [-0.25, -0.2) is 0 Å². The summed E-state index contributed by atoms with van der Waals surface area (Å²) in [6.07, 6.45) is 4.20. The molecule has 5 heteroatoms. The Hall–Kier alpha value is -0.710. The number of carboxylic acids is 1. The number of carbonyl (C=O) groups is 2. The van der Waals surface area contributed by atoms with Crippen molar-refractivity contribution in [3.05, 3.63) is 0 Å². The van der Waals surface area contributed by atoms with E-state index in [0.717, 1.165) is 12.2 Å². The predicted octanol–water partition coefficient (Wildman–Crippen LogP) is 1.70. The van der Waals surface area contributed by atoms with Gasteiger partial charge in [0.15, 0.2) is 0 Å².